The van der Waals surface area contributed by atoms with Gasteiger partial charge in [-0.05, 0) is 60.7 Å². The summed E-state index contributed by atoms with van der Waals surface area (Å²) in [6.45, 7) is 2.70. The lowest BCUT2D eigenvalue weighted by Crippen LogP contribution is -2.42. The molecular weight excluding hydrogens is 388 g/mol. The minimum atomic E-state index is 0.171. The van der Waals surface area contributed by atoms with Crippen molar-refractivity contribution in [3.05, 3.63) is 58.1 Å². The fourth-order valence-electron chi connectivity index (χ4n) is 4.48. The first-order chi connectivity index (χ1) is 14.1. The van der Waals surface area contributed by atoms with E-state index < -0.39 is 0 Å². The Balaban J connectivity index is 1.46. The molecule has 0 bridgehead atoms. The zero-order valence-corrected chi connectivity index (χ0v) is 17.7. The molecule has 2 aromatic rings. The van der Waals surface area contributed by atoms with Gasteiger partial charge in [0.1, 0.15) is 0 Å². The second kappa shape index (κ2) is 8.64. The summed E-state index contributed by atoms with van der Waals surface area (Å²) in [5.41, 5.74) is 3.48. The normalized spacial score (nSPS) is 19.1. The van der Waals surface area contributed by atoms with Crippen molar-refractivity contribution in [2.24, 2.45) is 0 Å². The van der Waals surface area contributed by atoms with Gasteiger partial charge in [-0.2, -0.15) is 0 Å². The van der Waals surface area contributed by atoms with Crippen molar-refractivity contribution in [3.8, 4) is 11.5 Å². The maximum atomic E-state index is 13.1. The van der Waals surface area contributed by atoms with Gasteiger partial charge in [-0.1, -0.05) is 29.8 Å². The lowest BCUT2D eigenvalue weighted by Gasteiger charge is -2.32. The number of ether oxygens (including phenoxy) is 2. The molecule has 0 saturated carbocycles. The Labute approximate surface area is 177 Å². The van der Waals surface area contributed by atoms with Crippen LogP contribution < -0.4 is 9.47 Å². The van der Waals surface area contributed by atoms with Crippen molar-refractivity contribution in [3.63, 3.8) is 0 Å². The number of amides is 1. The zero-order chi connectivity index (χ0) is 20.4. The summed E-state index contributed by atoms with van der Waals surface area (Å²) in [5.74, 6) is 1.62. The van der Waals surface area contributed by atoms with Gasteiger partial charge in [0.15, 0.2) is 11.5 Å². The van der Waals surface area contributed by atoms with Gasteiger partial charge in [0, 0.05) is 24.2 Å². The summed E-state index contributed by atoms with van der Waals surface area (Å²) in [6, 6.07) is 12.2. The summed E-state index contributed by atoms with van der Waals surface area (Å²) < 4.78 is 10.8. The van der Waals surface area contributed by atoms with Crippen molar-refractivity contribution in [2.75, 3.05) is 33.9 Å². The molecule has 0 radical (unpaired) electrons. The molecular formula is C23H27ClN2O3. The Hall–Kier alpha value is -2.24. The van der Waals surface area contributed by atoms with Crippen molar-refractivity contribution in [1.29, 1.82) is 0 Å². The number of hydrogen-bond acceptors (Lipinski definition) is 4. The van der Waals surface area contributed by atoms with Gasteiger partial charge in [-0.15, -0.1) is 0 Å². The highest BCUT2D eigenvalue weighted by molar-refractivity contribution is 6.31. The van der Waals surface area contributed by atoms with Crippen molar-refractivity contribution < 1.29 is 14.3 Å². The van der Waals surface area contributed by atoms with E-state index in [1.54, 1.807) is 14.2 Å². The van der Waals surface area contributed by atoms with E-state index in [2.05, 4.69) is 11.0 Å². The Morgan fingerprint density at radius 1 is 1.10 bits per heavy atom. The van der Waals surface area contributed by atoms with Crippen LogP contribution >= 0.6 is 11.6 Å². The van der Waals surface area contributed by atoms with E-state index in [-0.39, 0.29) is 11.9 Å². The van der Waals surface area contributed by atoms with E-state index in [9.17, 15) is 4.79 Å². The average molecular weight is 415 g/mol. The van der Waals surface area contributed by atoms with E-state index in [1.807, 2.05) is 35.2 Å². The lowest BCUT2D eigenvalue weighted by atomic mass is 9.98. The summed E-state index contributed by atoms with van der Waals surface area (Å²) >= 11 is 6.42. The molecule has 6 heteroatoms. The van der Waals surface area contributed by atoms with Crippen LogP contribution in [0.1, 0.15) is 35.6 Å². The third-order valence-corrected chi connectivity index (χ3v) is 6.38. The molecule has 154 valence electrons. The Kier molecular flexibility index (Phi) is 5.97. The maximum Gasteiger partial charge on any atom is 0.237 e. The lowest BCUT2D eigenvalue weighted by molar-refractivity contribution is -0.133. The van der Waals surface area contributed by atoms with E-state index in [4.69, 9.17) is 21.1 Å². The second-order valence-electron chi connectivity index (χ2n) is 7.69. The number of rotatable bonds is 5. The van der Waals surface area contributed by atoms with E-state index in [1.165, 1.54) is 5.56 Å². The third kappa shape index (κ3) is 4.07. The molecule has 0 spiro atoms. The number of halogens is 1. The van der Waals surface area contributed by atoms with Gasteiger partial charge in [0.2, 0.25) is 5.91 Å². The molecule has 2 aliphatic rings. The molecule has 1 fully saturated rings. The second-order valence-corrected chi connectivity index (χ2v) is 8.10. The molecule has 1 saturated heterocycles. The molecule has 2 aromatic carbocycles. The quantitative estimate of drug-likeness (QED) is 0.739. The molecule has 1 unspecified atom stereocenters. The first-order valence-corrected chi connectivity index (χ1v) is 10.5. The molecule has 1 amide bonds. The number of hydrogen-bond donors (Lipinski definition) is 0. The predicted octanol–water partition coefficient (Wildman–Crippen LogP) is 4.08. The highest BCUT2D eigenvalue weighted by atomic mass is 35.5. The zero-order valence-electron chi connectivity index (χ0n) is 17.0. The van der Waals surface area contributed by atoms with Crippen LogP contribution in [-0.4, -0.2) is 49.6 Å². The fraction of sp³-hybridized carbons (Fsp3) is 0.435. The van der Waals surface area contributed by atoms with Crippen LogP contribution in [0.3, 0.4) is 0 Å². The number of nitrogens with zero attached hydrogens (tertiary/aromatic N) is 2. The first kappa shape index (κ1) is 20.0. The van der Waals surface area contributed by atoms with Gasteiger partial charge >= 0.3 is 0 Å². The molecule has 2 heterocycles. The van der Waals surface area contributed by atoms with Crippen LogP contribution in [0, 0.1) is 0 Å². The number of carbonyl (C=O) groups is 1. The summed E-state index contributed by atoms with van der Waals surface area (Å²) in [5, 5.41) is 0.782. The third-order valence-electron chi connectivity index (χ3n) is 6.04. The van der Waals surface area contributed by atoms with Crippen molar-refractivity contribution >= 4 is 17.5 Å². The van der Waals surface area contributed by atoms with Crippen molar-refractivity contribution in [1.82, 2.24) is 9.80 Å². The SMILES string of the molecule is COc1cc2c(cc1OC)CN(C(=O)CN1CCCC1c1ccccc1Cl)CC2. The van der Waals surface area contributed by atoms with Crippen LogP contribution in [-0.2, 0) is 17.8 Å². The van der Waals surface area contributed by atoms with E-state index >= 15 is 0 Å². The van der Waals surface area contributed by atoms with Gasteiger partial charge < -0.3 is 14.4 Å². The smallest absolute Gasteiger partial charge is 0.237 e. The van der Waals surface area contributed by atoms with Crippen LogP contribution in [0.2, 0.25) is 5.02 Å². The number of fused-ring (bicyclic) bond motifs is 1. The monoisotopic (exact) mass is 414 g/mol. The Morgan fingerprint density at radius 3 is 2.55 bits per heavy atom. The Bertz CT molecular complexity index is 902. The fourth-order valence-corrected chi connectivity index (χ4v) is 4.74. The van der Waals surface area contributed by atoms with Crippen LogP contribution in [0.5, 0.6) is 11.5 Å². The first-order valence-electron chi connectivity index (χ1n) is 10.1. The van der Waals surface area contributed by atoms with Crippen LogP contribution in [0.4, 0.5) is 0 Å². The minimum absolute atomic E-state index is 0.171. The van der Waals surface area contributed by atoms with Crippen LogP contribution in [0.15, 0.2) is 36.4 Å². The molecule has 0 aliphatic carbocycles. The predicted molar refractivity (Wildman–Crippen MR) is 114 cm³/mol. The average Bonchev–Trinajstić information content (AvgIpc) is 3.20. The van der Waals surface area contributed by atoms with Gasteiger partial charge in [-0.3, -0.25) is 9.69 Å². The largest absolute Gasteiger partial charge is 0.493 e. The number of likely N-dealkylation sites (tertiary alicyclic amines) is 1. The number of carbonyl (C=O) groups excluding carboxylic acids is 1. The topological polar surface area (TPSA) is 42.0 Å². The molecule has 29 heavy (non-hydrogen) atoms. The molecule has 2 aliphatic heterocycles. The molecule has 1 atom stereocenters. The Morgan fingerprint density at radius 2 is 1.83 bits per heavy atom. The van der Waals surface area contributed by atoms with Gasteiger partial charge in [0.25, 0.3) is 0 Å². The minimum Gasteiger partial charge on any atom is -0.493 e. The maximum absolute atomic E-state index is 13.1. The molecule has 5 nitrogen and oxygen atoms in total. The van der Waals surface area contributed by atoms with Gasteiger partial charge in [-0.25, -0.2) is 0 Å². The summed E-state index contributed by atoms with van der Waals surface area (Å²) in [6.07, 6.45) is 2.95. The summed E-state index contributed by atoms with van der Waals surface area (Å²) in [4.78, 5) is 17.3. The number of benzene rings is 2. The van der Waals surface area contributed by atoms with Crippen LogP contribution in [0.25, 0.3) is 0 Å². The molecule has 0 N–H and O–H groups in total. The molecule has 4 rings (SSSR count). The van der Waals surface area contributed by atoms with Crippen molar-refractivity contribution in [2.45, 2.75) is 31.8 Å². The highest BCUT2D eigenvalue weighted by Gasteiger charge is 2.31. The standard InChI is InChI=1S/C23H27ClN2O3/c1-28-21-12-16-9-11-26(14-17(16)13-22(21)29-2)23(27)15-25-10-5-8-20(25)18-6-3-4-7-19(18)24/h3-4,6-7,12-13,20H,5,8-11,14-15H2,1-2H3. The van der Waals surface area contributed by atoms with Gasteiger partial charge in [0.05, 0.1) is 20.8 Å². The molecule has 0 aromatic heterocycles. The van der Waals surface area contributed by atoms with E-state index in [0.717, 1.165) is 54.3 Å². The summed E-state index contributed by atoms with van der Waals surface area (Å²) in [7, 11) is 3.28. The highest BCUT2D eigenvalue weighted by Crippen LogP contribution is 2.36. The van der Waals surface area contributed by atoms with E-state index in [0.29, 0.717) is 18.8 Å². The number of methoxy groups -OCH3 is 2.